The second-order valence-corrected chi connectivity index (χ2v) is 4.76. The summed E-state index contributed by atoms with van der Waals surface area (Å²) < 4.78 is 0. The minimum absolute atomic E-state index is 0.192. The summed E-state index contributed by atoms with van der Waals surface area (Å²) in [7, 11) is 0. The van der Waals surface area contributed by atoms with Crippen molar-refractivity contribution in [2.45, 2.75) is 40.5 Å². The Morgan fingerprint density at radius 3 is 2.40 bits per heavy atom. The van der Waals surface area contributed by atoms with Crippen LogP contribution in [0.5, 0.6) is 0 Å². The van der Waals surface area contributed by atoms with Crippen molar-refractivity contribution in [3.63, 3.8) is 0 Å². The zero-order chi connectivity index (χ0) is 11.5. The molecule has 0 atom stereocenters. The Morgan fingerprint density at radius 2 is 1.87 bits per heavy atom. The maximum absolute atomic E-state index is 12.0. The van der Waals surface area contributed by atoms with E-state index in [1.807, 2.05) is 32.0 Å². The second kappa shape index (κ2) is 4.61. The van der Waals surface area contributed by atoms with E-state index >= 15 is 0 Å². The summed E-state index contributed by atoms with van der Waals surface area (Å²) >= 11 is 0. The van der Waals surface area contributed by atoms with Crippen molar-refractivity contribution >= 4 is 5.78 Å². The van der Waals surface area contributed by atoms with E-state index in [0.29, 0.717) is 12.2 Å². The van der Waals surface area contributed by atoms with E-state index in [-0.39, 0.29) is 5.41 Å². The first-order valence-electron chi connectivity index (χ1n) is 5.55. The van der Waals surface area contributed by atoms with E-state index in [1.54, 1.807) is 0 Å². The van der Waals surface area contributed by atoms with E-state index in [4.69, 9.17) is 0 Å². The van der Waals surface area contributed by atoms with Crippen LogP contribution in [0.15, 0.2) is 24.3 Å². The molecule has 1 heteroatoms. The fourth-order valence-electron chi connectivity index (χ4n) is 1.42. The SMILES string of the molecule is CCC(C)(C)C(=O)Cc1ccccc1C. The largest absolute Gasteiger partial charge is 0.299 e. The first-order valence-corrected chi connectivity index (χ1v) is 5.55. The van der Waals surface area contributed by atoms with Crippen molar-refractivity contribution < 1.29 is 4.79 Å². The van der Waals surface area contributed by atoms with Crippen LogP contribution in [0.25, 0.3) is 0 Å². The lowest BCUT2D eigenvalue weighted by atomic mass is 9.82. The number of benzene rings is 1. The number of carbonyl (C=O) groups is 1. The molecular formula is C14H20O. The van der Waals surface area contributed by atoms with Crippen LogP contribution in [-0.2, 0) is 11.2 Å². The molecule has 0 spiro atoms. The number of rotatable bonds is 4. The van der Waals surface area contributed by atoms with Crippen molar-refractivity contribution in [1.29, 1.82) is 0 Å². The Labute approximate surface area is 92.5 Å². The molecule has 0 saturated carbocycles. The molecule has 0 fully saturated rings. The van der Waals surface area contributed by atoms with Gasteiger partial charge < -0.3 is 0 Å². The predicted molar refractivity (Wildman–Crippen MR) is 64.0 cm³/mol. The van der Waals surface area contributed by atoms with Crippen LogP contribution in [-0.4, -0.2) is 5.78 Å². The molecule has 0 bridgehead atoms. The third kappa shape index (κ3) is 2.92. The molecule has 0 N–H and O–H groups in total. The molecule has 0 aliphatic carbocycles. The molecular weight excluding hydrogens is 184 g/mol. The Bertz CT molecular complexity index is 350. The summed E-state index contributed by atoms with van der Waals surface area (Å²) in [4.78, 5) is 12.0. The van der Waals surface area contributed by atoms with Crippen LogP contribution in [0.4, 0.5) is 0 Å². The molecule has 1 aromatic carbocycles. The van der Waals surface area contributed by atoms with Gasteiger partial charge in [0, 0.05) is 11.8 Å². The van der Waals surface area contributed by atoms with Gasteiger partial charge in [-0.1, -0.05) is 45.0 Å². The van der Waals surface area contributed by atoms with Crippen molar-refractivity contribution in [2.75, 3.05) is 0 Å². The second-order valence-electron chi connectivity index (χ2n) is 4.76. The van der Waals surface area contributed by atoms with Gasteiger partial charge in [-0.3, -0.25) is 4.79 Å². The molecule has 0 amide bonds. The molecule has 0 aliphatic heterocycles. The standard InChI is InChI=1S/C14H20O/c1-5-14(3,4)13(15)10-12-9-7-6-8-11(12)2/h6-9H,5,10H2,1-4H3. The van der Waals surface area contributed by atoms with Gasteiger partial charge in [-0.2, -0.15) is 0 Å². The van der Waals surface area contributed by atoms with Crippen molar-refractivity contribution in [3.05, 3.63) is 35.4 Å². The molecule has 15 heavy (non-hydrogen) atoms. The molecule has 0 aromatic heterocycles. The van der Waals surface area contributed by atoms with Gasteiger partial charge in [0.05, 0.1) is 0 Å². The first-order chi connectivity index (χ1) is 6.97. The molecule has 1 nitrogen and oxygen atoms in total. The quantitative estimate of drug-likeness (QED) is 0.733. The molecule has 1 aromatic rings. The van der Waals surface area contributed by atoms with Crippen molar-refractivity contribution in [3.8, 4) is 0 Å². The van der Waals surface area contributed by atoms with Gasteiger partial charge in [-0.05, 0) is 24.5 Å². The van der Waals surface area contributed by atoms with Gasteiger partial charge in [0.1, 0.15) is 5.78 Å². The van der Waals surface area contributed by atoms with E-state index in [9.17, 15) is 4.79 Å². The lowest BCUT2D eigenvalue weighted by Gasteiger charge is -2.21. The van der Waals surface area contributed by atoms with Gasteiger partial charge in [-0.25, -0.2) is 0 Å². The van der Waals surface area contributed by atoms with Crippen molar-refractivity contribution in [1.82, 2.24) is 0 Å². The summed E-state index contributed by atoms with van der Waals surface area (Å²) in [5.41, 5.74) is 2.17. The molecule has 0 aliphatic rings. The number of carbonyl (C=O) groups excluding carboxylic acids is 1. The van der Waals surface area contributed by atoms with E-state index in [2.05, 4.69) is 19.9 Å². The smallest absolute Gasteiger partial charge is 0.142 e. The molecule has 0 saturated heterocycles. The fraction of sp³-hybridized carbons (Fsp3) is 0.500. The van der Waals surface area contributed by atoms with Gasteiger partial charge >= 0.3 is 0 Å². The van der Waals surface area contributed by atoms with Crippen molar-refractivity contribution in [2.24, 2.45) is 5.41 Å². The maximum atomic E-state index is 12.0. The normalized spacial score (nSPS) is 11.5. The van der Waals surface area contributed by atoms with Crippen LogP contribution in [0, 0.1) is 12.3 Å². The van der Waals surface area contributed by atoms with Gasteiger partial charge in [0.15, 0.2) is 0 Å². The highest BCUT2D eigenvalue weighted by molar-refractivity contribution is 5.86. The summed E-state index contributed by atoms with van der Waals surface area (Å²) in [6.07, 6.45) is 1.46. The number of hydrogen-bond acceptors (Lipinski definition) is 1. The van der Waals surface area contributed by atoms with Gasteiger partial charge in [0.2, 0.25) is 0 Å². The highest BCUT2D eigenvalue weighted by Gasteiger charge is 2.25. The predicted octanol–water partition coefficient (Wildman–Crippen LogP) is 3.54. The summed E-state index contributed by atoms with van der Waals surface area (Å²) in [6, 6.07) is 8.10. The van der Waals surface area contributed by atoms with E-state index in [1.165, 1.54) is 5.56 Å². The molecule has 0 radical (unpaired) electrons. The van der Waals surface area contributed by atoms with Gasteiger partial charge in [-0.15, -0.1) is 0 Å². The highest BCUT2D eigenvalue weighted by Crippen LogP contribution is 2.23. The maximum Gasteiger partial charge on any atom is 0.142 e. The Morgan fingerprint density at radius 1 is 1.27 bits per heavy atom. The third-order valence-corrected chi connectivity index (χ3v) is 3.25. The van der Waals surface area contributed by atoms with Crippen LogP contribution in [0.1, 0.15) is 38.3 Å². The van der Waals surface area contributed by atoms with E-state index < -0.39 is 0 Å². The minimum Gasteiger partial charge on any atom is -0.299 e. The number of ketones is 1. The Hall–Kier alpha value is -1.11. The Kier molecular flexibility index (Phi) is 3.67. The highest BCUT2D eigenvalue weighted by atomic mass is 16.1. The molecule has 0 unspecified atom stereocenters. The van der Waals surface area contributed by atoms with Crippen LogP contribution in [0.3, 0.4) is 0 Å². The molecule has 1 rings (SSSR count). The average molecular weight is 204 g/mol. The summed E-state index contributed by atoms with van der Waals surface area (Å²) in [6.45, 7) is 8.17. The third-order valence-electron chi connectivity index (χ3n) is 3.25. The topological polar surface area (TPSA) is 17.1 Å². The van der Waals surface area contributed by atoms with Gasteiger partial charge in [0.25, 0.3) is 0 Å². The monoisotopic (exact) mass is 204 g/mol. The molecule has 0 heterocycles. The van der Waals surface area contributed by atoms with Crippen LogP contribution in [0.2, 0.25) is 0 Å². The number of aryl methyl sites for hydroxylation is 1. The zero-order valence-corrected chi connectivity index (χ0v) is 10.1. The first kappa shape index (κ1) is 12.0. The van der Waals surface area contributed by atoms with Crippen LogP contribution >= 0.6 is 0 Å². The molecule has 82 valence electrons. The number of hydrogen-bond donors (Lipinski definition) is 0. The van der Waals surface area contributed by atoms with E-state index in [0.717, 1.165) is 12.0 Å². The van der Waals surface area contributed by atoms with Crippen LogP contribution < -0.4 is 0 Å². The zero-order valence-electron chi connectivity index (χ0n) is 10.1. The lowest BCUT2D eigenvalue weighted by Crippen LogP contribution is -2.25. The fourth-order valence-corrected chi connectivity index (χ4v) is 1.42. The average Bonchev–Trinajstić information content (AvgIpc) is 2.21. The minimum atomic E-state index is -0.192. The lowest BCUT2D eigenvalue weighted by molar-refractivity contribution is -0.126. The Balaban J connectivity index is 2.80. The summed E-state index contributed by atoms with van der Waals surface area (Å²) in [5, 5.41) is 0. The summed E-state index contributed by atoms with van der Waals surface area (Å²) in [5.74, 6) is 0.333. The number of Topliss-reactive ketones (excluding diaryl/α,β-unsaturated/α-hetero) is 1.